The Morgan fingerprint density at radius 1 is 1.16 bits per heavy atom. The molecule has 0 aliphatic heterocycles. The minimum atomic E-state index is -0.845. The lowest BCUT2D eigenvalue weighted by molar-refractivity contribution is 0.0964. The summed E-state index contributed by atoms with van der Waals surface area (Å²) < 4.78 is 5.45. The van der Waals surface area contributed by atoms with Gasteiger partial charge in [-0.15, -0.1) is 0 Å². The number of hydrogen-bond acceptors (Lipinski definition) is 8. The van der Waals surface area contributed by atoms with E-state index in [-0.39, 0.29) is 28.0 Å². The first-order chi connectivity index (χ1) is 15.0. The SMILES string of the molecule is CNC(=O)c1c(Cl)cccc1NC(=O)Oc1nc(C2CC2)cnc1Nc1cncnc1. The predicted octanol–water partition coefficient (Wildman–Crippen LogP) is 3.51. The highest BCUT2D eigenvalue weighted by Gasteiger charge is 2.27. The quantitative estimate of drug-likeness (QED) is 0.531. The molecule has 0 unspecified atom stereocenters. The number of hydrogen-bond donors (Lipinski definition) is 3. The maximum absolute atomic E-state index is 12.6. The first-order valence-electron chi connectivity index (χ1n) is 9.43. The van der Waals surface area contributed by atoms with Crippen LogP contribution in [0.5, 0.6) is 5.88 Å². The number of ether oxygens (including phenoxy) is 1. The average molecular weight is 440 g/mol. The van der Waals surface area contributed by atoms with E-state index in [9.17, 15) is 9.59 Å². The van der Waals surface area contributed by atoms with Crippen LogP contribution in [0.2, 0.25) is 5.02 Å². The van der Waals surface area contributed by atoms with Crippen molar-refractivity contribution in [2.75, 3.05) is 17.7 Å². The van der Waals surface area contributed by atoms with Crippen LogP contribution in [0.15, 0.2) is 43.1 Å². The van der Waals surface area contributed by atoms with E-state index in [2.05, 4.69) is 35.9 Å². The topological polar surface area (TPSA) is 131 Å². The molecule has 4 rings (SSSR count). The van der Waals surface area contributed by atoms with Gasteiger partial charge in [0.2, 0.25) is 0 Å². The zero-order valence-corrected chi connectivity index (χ0v) is 17.2. The first-order valence-corrected chi connectivity index (χ1v) is 9.81. The number of benzene rings is 1. The van der Waals surface area contributed by atoms with E-state index >= 15 is 0 Å². The summed E-state index contributed by atoms with van der Waals surface area (Å²) in [7, 11) is 1.47. The van der Waals surface area contributed by atoms with Gasteiger partial charge in [0.1, 0.15) is 6.33 Å². The van der Waals surface area contributed by atoms with Crippen LogP contribution < -0.4 is 20.7 Å². The van der Waals surface area contributed by atoms with E-state index in [1.54, 1.807) is 36.8 Å². The van der Waals surface area contributed by atoms with Gasteiger partial charge in [-0.05, 0) is 25.0 Å². The Kier molecular flexibility index (Phi) is 5.89. The zero-order valence-electron chi connectivity index (χ0n) is 16.4. The molecule has 2 aromatic heterocycles. The number of halogens is 1. The van der Waals surface area contributed by atoms with Gasteiger partial charge < -0.3 is 15.4 Å². The van der Waals surface area contributed by atoms with Crippen molar-refractivity contribution in [3.05, 3.63) is 59.4 Å². The van der Waals surface area contributed by atoms with E-state index in [4.69, 9.17) is 16.3 Å². The molecule has 2 amide bonds. The molecule has 1 fully saturated rings. The zero-order chi connectivity index (χ0) is 21.8. The molecule has 1 aliphatic rings. The Balaban J connectivity index is 1.58. The van der Waals surface area contributed by atoms with Crippen LogP contribution >= 0.6 is 11.6 Å². The van der Waals surface area contributed by atoms with Crippen molar-refractivity contribution in [3.8, 4) is 5.88 Å². The van der Waals surface area contributed by atoms with Crippen molar-refractivity contribution in [1.29, 1.82) is 0 Å². The fourth-order valence-corrected chi connectivity index (χ4v) is 3.09. The Labute approximate surface area is 182 Å². The molecule has 11 heteroatoms. The van der Waals surface area contributed by atoms with Crippen molar-refractivity contribution < 1.29 is 14.3 Å². The molecule has 158 valence electrons. The van der Waals surface area contributed by atoms with Crippen molar-refractivity contribution in [1.82, 2.24) is 25.3 Å². The van der Waals surface area contributed by atoms with Crippen LogP contribution in [0.3, 0.4) is 0 Å². The van der Waals surface area contributed by atoms with Gasteiger partial charge in [-0.2, -0.15) is 0 Å². The van der Waals surface area contributed by atoms with E-state index in [0.717, 1.165) is 18.5 Å². The minimum absolute atomic E-state index is 0.00530. The first kappa shape index (κ1) is 20.5. The molecule has 10 nitrogen and oxygen atoms in total. The largest absolute Gasteiger partial charge is 0.418 e. The smallest absolute Gasteiger partial charge is 0.387 e. The Hall–Kier alpha value is -3.79. The number of nitrogens with zero attached hydrogens (tertiary/aromatic N) is 4. The summed E-state index contributed by atoms with van der Waals surface area (Å²) in [6.07, 6.45) is 7.32. The van der Waals surface area contributed by atoms with Crippen molar-refractivity contribution in [2.45, 2.75) is 18.8 Å². The molecule has 0 radical (unpaired) electrons. The summed E-state index contributed by atoms with van der Waals surface area (Å²) in [5.41, 5.74) is 1.62. The van der Waals surface area contributed by atoms with Crippen molar-refractivity contribution in [3.63, 3.8) is 0 Å². The molecule has 3 N–H and O–H groups in total. The van der Waals surface area contributed by atoms with Gasteiger partial charge >= 0.3 is 6.09 Å². The number of aromatic nitrogens is 4. The summed E-state index contributed by atoms with van der Waals surface area (Å²) in [6.45, 7) is 0. The molecular formula is C20H18ClN7O3. The molecular weight excluding hydrogens is 422 g/mol. The van der Waals surface area contributed by atoms with Gasteiger partial charge in [0.25, 0.3) is 11.8 Å². The summed E-state index contributed by atoms with van der Waals surface area (Å²) in [6, 6.07) is 4.71. The number of rotatable bonds is 6. The summed E-state index contributed by atoms with van der Waals surface area (Å²) >= 11 is 6.13. The van der Waals surface area contributed by atoms with E-state index in [1.165, 1.54) is 13.4 Å². The Bertz CT molecular complexity index is 1120. The van der Waals surface area contributed by atoms with Crippen LogP contribution in [0.25, 0.3) is 0 Å². The van der Waals surface area contributed by atoms with Gasteiger partial charge in [0.15, 0.2) is 5.82 Å². The van der Waals surface area contributed by atoms with Crippen LogP contribution in [0.1, 0.15) is 34.8 Å². The molecule has 1 aliphatic carbocycles. The van der Waals surface area contributed by atoms with Crippen LogP contribution in [-0.2, 0) is 0 Å². The lowest BCUT2D eigenvalue weighted by Gasteiger charge is -2.14. The Morgan fingerprint density at radius 3 is 2.65 bits per heavy atom. The monoisotopic (exact) mass is 439 g/mol. The van der Waals surface area contributed by atoms with Crippen molar-refractivity contribution in [2.24, 2.45) is 0 Å². The second-order valence-electron chi connectivity index (χ2n) is 6.73. The number of nitrogens with one attached hydrogen (secondary N) is 3. The van der Waals surface area contributed by atoms with Gasteiger partial charge in [-0.25, -0.2) is 24.7 Å². The number of carbonyl (C=O) groups excluding carboxylic acids is 2. The third-order valence-corrected chi connectivity index (χ3v) is 4.79. The molecule has 0 spiro atoms. The highest BCUT2D eigenvalue weighted by Crippen LogP contribution is 2.40. The highest BCUT2D eigenvalue weighted by atomic mass is 35.5. The molecule has 0 bridgehead atoms. The van der Waals surface area contributed by atoms with Gasteiger partial charge in [0.05, 0.1) is 46.2 Å². The number of amides is 2. The summed E-state index contributed by atoms with van der Waals surface area (Å²) in [5, 5.41) is 8.21. The standard InChI is InChI=1S/C20H18ClN7O3/c1-22-18(29)16-13(21)3-2-4-14(16)28-20(30)31-19-17(26-12-7-23-10-24-8-12)25-9-15(27-19)11-5-6-11/h2-4,7-11H,5-6H2,1H3,(H,22,29)(H,25,26)(H,28,30). The molecule has 0 atom stereocenters. The third-order valence-electron chi connectivity index (χ3n) is 4.47. The molecule has 2 heterocycles. The predicted molar refractivity (Wildman–Crippen MR) is 114 cm³/mol. The van der Waals surface area contributed by atoms with Crippen molar-refractivity contribution >= 4 is 40.8 Å². The van der Waals surface area contributed by atoms with Crippen LogP contribution in [0, 0.1) is 0 Å². The molecule has 31 heavy (non-hydrogen) atoms. The van der Waals surface area contributed by atoms with E-state index in [0.29, 0.717) is 11.6 Å². The van der Waals surface area contributed by atoms with E-state index < -0.39 is 12.0 Å². The fraction of sp³-hybridized carbons (Fsp3) is 0.200. The highest BCUT2D eigenvalue weighted by molar-refractivity contribution is 6.34. The van der Waals surface area contributed by atoms with Gasteiger partial charge in [0, 0.05) is 13.0 Å². The Morgan fingerprint density at radius 2 is 1.94 bits per heavy atom. The summed E-state index contributed by atoms with van der Waals surface area (Å²) in [4.78, 5) is 41.4. The second kappa shape index (κ2) is 8.92. The average Bonchev–Trinajstić information content (AvgIpc) is 3.61. The lowest BCUT2D eigenvalue weighted by Crippen LogP contribution is -2.24. The minimum Gasteiger partial charge on any atom is -0.387 e. The van der Waals surface area contributed by atoms with Crippen LogP contribution in [0.4, 0.5) is 22.0 Å². The molecule has 1 saturated carbocycles. The second-order valence-corrected chi connectivity index (χ2v) is 7.14. The molecule has 0 saturated heterocycles. The molecule has 1 aromatic carbocycles. The number of carbonyl (C=O) groups is 2. The maximum atomic E-state index is 12.6. The van der Waals surface area contributed by atoms with Crippen LogP contribution in [-0.4, -0.2) is 39.0 Å². The van der Waals surface area contributed by atoms with E-state index in [1.807, 2.05) is 0 Å². The van der Waals surface area contributed by atoms with Gasteiger partial charge in [-0.1, -0.05) is 17.7 Å². The third kappa shape index (κ3) is 4.86. The number of anilines is 3. The summed E-state index contributed by atoms with van der Waals surface area (Å²) in [5.74, 6) is 0.0869. The maximum Gasteiger partial charge on any atom is 0.418 e. The molecule has 3 aromatic rings. The fourth-order valence-electron chi connectivity index (χ4n) is 2.83. The normalized spacial score (nSPS) is 12.7. The van der Waals surface area contributed by atoms with Gasteiger partial charge in [-0.3, -0.25) is 10.1 Å². The lowest BCUT2D eigenvalue weighted by atomic mass is 10.1.